The van der Waals surface area contributed by atoms with Crippen molar-refractivity contribution in [3.05, 3.63) is 12.2 Å². The number of nitrogens with zero attached hydrogens (tertiary/aromatic N) is 1. The molecule has 0 heterocycles. The summed E-state index contributed by atoms with van der Waals surface area (Å²) in [6, 6.07) is 2.10. The number of rotatable bonds is 7. The Balaban J connectivity index is 3.92. The molecule has 0 unspecified atom stereocenters. The highest BCUT2D eigenvalue weighted by Crippen LogP contribution is 2.16. The van der Waals surface area contributed by atoms with Gasteiger partial charge in [0.25, 0.3) is 0 Å². The second-order valence-corrected chi connectivity index (χ2v) is 3.94. The number of ether oxygens (including phenoxy) is 1. The van der Waals surface area contributed by atoms with Gasteiger partial charge >= 0.3 is 5.97 Å². The van der Waals surface area contributed by atoms with Gasteiger partial charge < -0.3 is 4.74 Å². The lowest BCUT2D eigenvalue weighted by Crippen LogP contribution is -2.23. The van der Waals surface area contributed by atoms with Gasteiger partial charge in [-0.15, -0.1) is 0 Å². The third kappa shape index (κ3) is 7.05. The zero-order valence-corrected chi connectivity index (χ0v) is 10.4. The maximum Gasteiger partial charge on any atom is 0.302 e. The average molecular weight is 223 g/mol. The minimum absolute atomic E-state index is 0.00174. The highest BCUT2D eigenvalue weighted by atomic mass is 16.5. The molecular formula is C13H21NO2. The molecule has 0 aliphatic rings. The van der Waals surface area contributed by atoms with Crippen molar-refractivity contribution in [3.63, 3.8) is 0 Å². The topological polar surface area (TPSA) is 50.1 Å². The summed E-state index contributed by atoms with van der Waals surface area (Å²) in [4.78, 5) is 10.9. The molecule has 0 saturated heterocycles. The summed E-state index contributed by atoms with van der Waals surface area (Å²) >= 11 is 0. The fraction of sp³-hybridized carbons (Fsp3) is 0.692. The van der Waals surface area contributed by atoms with Crippen LogP contribution in [0.5, 0.6) is 0 Å². The van der Waals surface area contributed by atoms with Crippen LogP contribution in [0.3, 0.4) is 0 Å². The second-order valence-electron chi connectivity index (χ2n) is 3.94. The number of hydrogen-bond donors (Lipinski definition) is 0. The SMILES string of the molecule is CC[C@H](OC(C)=O)[C@H](C)C/C=C/CCC#N. The van der Waals surface area contributed by atoms with E-state index >= 15 is 0 Å². The standard InChI is InChI=1S/C13H21NO2/c1-4-13(16-12(3)15)11(2)9-7-5-6-8-10-14/h5,7,11,13H,4,6,8-9H2,1-3H3/b7-5+/t11-,13+/m1/s1. The van der Waals surface area contributed by atoms with Gasteiger partial charge in [-0.2, -0.15) is 5.26 Å². The number of nitriles is 1. The molecule has 0 aromatic carbocycles. The lowest BCUT2D eigenvalue weighted by Gasteiger charge is -2.21. The van der Waals surface area contributed by atoms with E-state index in [-0.39, 0.29) is 12.1 Å². The molecule has 0 radical (unpaired) electrons. The van der Waals surface area contributed by atoms with E-state index < -0.39 is 0 Å². The summed E-state index contributed by atoms with van der Waals surface area (Å²) in [5.41, 5.74) is 0. The molecule has 2 atom stereocenters. The van der Waals surface area contributed by atoms with Crippen molar-refractivity contribution in [2.45, 2.75) is 52.6 Å². The smallest absolute Gasteiger partial charge is 0.302 e. The summed E-state index contributed by atoms with van der Waals surface area (Å²) in [5.74, 6) is 0.111. The number of carbonyl (C=O) groups excluding carboxylic acids is 1. The number of esters is 1. The number of unbranched alkanes of at least 4 members (excludes halogenated alkanes) is 1. The van der Waals surface area contributed by atoms with Crippen molar-refractivity contribution in [3.8, 4) is 6.07 Å². The molecule has 90 valence electrons. The Morgan fingerprint density at radius 2 is 2.19 bits per heavy atom. The van der Waals surface area contributed by atoms with Crippen LogP contribution in [0, 0.1) is 17.2 Å². The average Bonchev–Trinajstić information content (AvgIpc) is 2.25. The van der Waals surface area contributed by atoms with Crippen LogP contribution in [0.1, 0.15) is 46.5 Å². The van der Waals surface area contributed by atoms with Crippen molar-refractivity contribution in [1.29, 1.82) is 5.26 Å². The first kappa shape index (κ1) is 14.7. The quantitative estimate of drug-likeness (QED) is 0.378. The maximum atomic E-state index is 10.9. The van der Waals surface area contributed by atoms with Crippen molar-refractivity contribution < 1.29 is 9.53 Å². The second kappa shape index (κ2) is 8.96. The summed E-state index contributed by atoms with van der Waals surface area (Å²) in [5, 5.41) is 8.36. The highest BCUT2D eigenvalue weighted by molar-refractivity contribution is 5.66. The molecule has 0 aliphatic carbocycles. The lowest BCUT2D eigenvalue weighted by molar-refractivity contribution is -0.148. The molecule has 16 heavy (non-hydrogen) atoms. The molecule has 0 spiro atoms. The Labute approximate surface area is 98.1 Å². The molecule has 0 rings (SSSR count). The first-order valence-electron chi connectivity index (χ1n) is 5.81. The third-order valence-electron chi connectivity index (χ3n) is 2.45. The fourth-order valence-electron chi connectivity index (χ4n) is 1.54. The van der Waals surface area contributed by atoms with Gasteiger partial charge in [-0.1, -0.05) is 26.0 Å². The molecule has 3 nitrogen and oxygen atoms in total. The van der Waals surface area contributed by atoms with E-state index in [4.69, 9.17) is 10.00 Å². The van der Waals surface area contributed by atoms with Crippen LogP contribution in [0.2, 0.25) is 0 Å². The van der Waals surface area contributed by atoms with Crippen molar-refractivity contribution in [1.82, 2.24) is 0 Å². The van der Waals surface area contributed by atoms with Gasteiger partial charge in [-0.05, 0) is 25.2 Å². The third-order valence-corrected chi connectivity index (χ3v) is 2.45. The summed E-state index contributed by atoms with van der Waals surface area (Å²) < 4.78 is 5.21. The monoisotopic (exact) mass is 223 g/mol. The van der Waals surface area contributed by atoms with Gasteiger partial charge in [0.2, 0.25) is 0 Å². The van der Waals surface area contributed by atoms with Gasteiger partial charge in [0.15, 0.2) is 0 Å². The van der Waals surface area contributed by atoms with E-state index in [1.807, 2.05) is 13.0 Å². The normalized spacial score (nSPS) is 14.4. The molecule has 0 saturated carbocycles. The lowest BCUT2D eigenvalue weighted by atomic mass is 9.98. The van der Waals surface area contributed by atoms with Crippen molar-refractivity contribution >= 4 is 5.97 Å². The number of allylic oxidation sites excluding steroid dienone is 2. The first-order valence-corrected chi connectivity index (χ1v) is 5.81. The predicted octanol–water partition coefficient (Wildman–Crippen LogP) is 3.21. The van der Waals surface area contributed by atoms with Gasteiger partial charge in [-0.3, -0.25) is 4.79 Å². The Bertz CT molecular complexity index is 266. The molecule has 0 aromatic rings. The van der Waals surface area contributed by atoms with Crippen LogP contribution in [-0.4, -0.2) is 12.1 Å². The maximum absolute atomic E-state index is 10.9. The minimum Gasteiger partial charge on any atom is -0.462 e. The van der Waals surface area contributed by atoms with Gasteiger partial charge in [0.1, 0.15) is 6.10 Å². The Morgan fingerprint density at radius 1 is 1.50 bits per heavy atom. The summed E-state index contributed by atoms with van der Waals surface area (Å²) in [7, 11) is 0. The number of hydrogen-bond acceptors (Lipinski definition) is 3. The van der Waals surface area contributed by atoms with Gasteiger partial charge in [0.05, 0.1) is 6.07 Å². The zero-order chi connectivity index (χ0) is 12.4. The van der Waals surface area contributed by atoms with Crippen LogP contribution >= 0.6 is 0 Å². The Kier molecular flexibility index (Phi) is 8.24. The van der Waals surface area contributed by atoms with Crippen molar-refractivity contribution in [2.24, 2.45) is 5.92 Å². The molecular weight excluding hydrogens is 202 g/mol. The van der Waals surface area contributed by atoms with Crippen LogP contribution < -0.4 is 0 Å². The molecule has 0 aromatic heterocycles. The van der Waals surface area contributed by atoms with Gasteiger partial charge in [-0.25, -0.2) is 0 Å². The van der Waals surface area contributed by atoms with Crippen LogP contribution in [-0.2, 0) is 9.53 Å². The number of carbonyl (C=O) groups is 1. The van der Waals surface area contributed by atoms with E-state index in [1.54, 1.807) is 0 Å². The van der Waals surface area contributed by atoms with E-state index in [2.05, 4.69) is 19.1 Å². The molecule has 0 bridgehead atoms. The van der Waals surface area contributed by atoms with E-state index in [0.717, 1.165) is 19.3 Å². The Hall–Kier alpha value is -1.30. The molecule has 3 heteroatoms. The molecule has 0 amide bonds. The first-order chi connectivity index (χ1) is 7.61. The van der Waals surface area contributed by atoms with E-state index in [1.165, 1.54) is 6.92 Å². The van der Waals surface area contributed by atoms with E-state index in [9.17, 15) is 4.79 Å². The molecule has 0 aliphatic heterocycles. The van der Waals surface area contributed by atoms with Gasteiger partial charge in [0, 0.05) is 13.3 Å². The van der Waals surface area contributed by atoms with Crippen molar-refractivity contribution in [2.75, 3.05) is 0 Å². The fourth-order valence-corrected chi connectivity index (χ4v) is 1.54. The largest absolute Gasteiger partial charge is 0.462 e. The Morgan fingerprint density at radius 3 is 2.69 bits per heavy atom. The minimum atomic E-state index is -0.216. The van der Waals surface area contributed by atoms with E-state index in [0.29, 0.717) is 12.3 Å². The highest BCUT2D eigenvalue weighted by Gasteiger charge is 2.16. The summed E-state index contributed by atoms with van der Waals surface area (Å²) in [6.07, 6.45) is 7.16. The van der Waals surface area contributed by atoms with Crippen LogP contribution in [0.25, 0.3) is 0 Å². The zero-order valence-electron chi connectivity index (χ0n) is 10.4. The van der Waals surface area contributed by atoms with Crippen LogP contribution in [0.15, 0.2) is 12.2 Å². The molecule has 0 N–H and O–H groups in total. The summed E-state index contributed by atoms with van der Waals surface area (Å²) in [6.45, 7) is 5.54. The molecule has 0 fully saturated rings. The van der Waals surface area contributed by atoms with Crippen LogP contribution in [0.4, 0.5) is 0 Å². The predicted molar refractivity (Wildman–Crippen MR) is 63.6 cm³/mol.